The Morgan fingerprint density at radius 2 is 1.11 bits per heavy atom. The number of benzene rings is 6. The van der Waals surface area contributed by atoms with Gasteiger partial charge in [0, 0.05) is 5.56 Å². The molecular weight excluding hydrogens is 563 g/mol. The molecule has 210 valence electrons. The maximum absolute atomic E-state index is 13.4. The van der Waals surface area contributed by atoms with Gasteiger partial charge in [0.05, 0.1) is 32.2 Å². The van der Waals surface area contributed by atoms with Crippen molar-refractivity contribution in [3.8, 4) is 33.6 Å². The van der Waals surface area contributed by atoms with Gasteiger partial charge < -0.3 is 0 Å². The third-order valence-electron chi connectivity index (χ3n) is 8.06. The molecule has 2 aromatic heterocycles. The normalized spacial score (nSPS) is 11.8. The Morgan fingerprint density at radius 3 is 1.91 bits per heavy atom. The van der Waals surface area contributed by atoms with Crippen molar-refractivity contribution in [2.45, 2.75) is 9.79 Å². The molecule has 0 saturated carbocycles. The van der Waals surface area contributed by atoms with Gasteiger partial charge in [0.1, 0.15) is 0 Å². The molecule has 0 fully saturated rings. The lowest BCUT2D eigenvalue weighted by atomic mass is 9.93. The first kappa shape index (κ1) is 26.1. The predicted molar refractivity (Wildman–Crippen MR) is 176 cm³/mol. The van der Waals surface area contributed by atoms with E-state index < -0.39 is 9.84 Å². The van der Waals surface area contributed by atoms with E-state index in [1.165, 1.54) is 0 Å². The van der Waals surface area contributed by atoms with Gasteiger partial charge >= 0.3 is 0 Å². The molecule has 0 saturated heterocycles. The van der Waals surface area contributed by atoms with Crippen LogP contribution in [0.25, 0.3) is 61.2 Å². The molecular formula is C38H25N3O2S. The Kier molecular flexibility index (Phi) is 6.10. The van der Waals surface area contributed by atoms with Gasteiger partial charge in [0.25, 0.3) is 0 Å². The number of aromatic nitrogens is 3. The fourth-order valence-electron chi connectivity index (χ4n) is 5.96. The summed E-state index contributed by atoms with van der Waals surface area (Å²) in [5.74, 6) is 0.634. The van der Waals surface area contributed by atoms with Gasteiger partial charge in [-0.1, -0.05) is 109 Å². The molecule has 0 unspecified atom stereocenters. The molecule has 0 aliphatic rings. The Hall–Kier alpha value is -5.59. The summed E-state index contributed by atoms with van der Waals surface area (Å²) in [4.78, 5) is 10.5. The van der Waals surface area contributed by atoms with Crippen molar-refractivity contribution < 1.29 is 8.42 Å². The number of fused-ring (bicyclic) bond motifs is 4. The summed E-state index contributed by atoms with van der Waals surface area (Å²) in [5.41, 5.74) is 7.54. The van der Waals surface area contributed by atoms with Gasteiger partial charge in [0.15, 0.2) is 0 Å². The molecule has 0 spiro atoms. The number of hydrogen-bond donors (Lipinski definition) is 0. The Labute approximate surface area is 254 Å². The molecule has 44 heavy (non-hydrogen) atoms. The number of sulfone groups is 1. The molecule has 0 bridgehead atoms. The zero-order valence-corrected chi connectivity index (χ0v) is 24.3. The minimum Gasteiger partial charge on any atom is -0.276 e. The van der Waals surface area contributed by atoms with Crippen LogP contribution < -0.4 is 0 Å². The lowest BCUT2D eigenvalue weighted by molar-refractivity contribution is 0.596. The van der Waals surface area contributed by atoms with E-state index in [0.29, 0.717) is 5.78 Å². The average molecular weight is 588 g/mol. The van der Waals surface area contributed by atoms with Crippen LogP contribution in [0.4, 0.5) is 0 Å². The highest BCUT2D eigenvalue weighted by Crippen LogP contribution is 2.38. The summed E-state index contributed by atoms with van der Waals surface area (Å²) < 4.78 is 29.0. The molecule has 0 N–H and O–H groups in total. The van der Waals surface area contributed by atoms with E-state index in [1.807, 2.05) is 60.7 Å². The fraction of sp³-hybridized carbons (Fsp3) is 0. The molecule has 0 aliphatic carbocycles. The Morgan fingerprint density at radius 1 is 0.500 bits per heavy atom. The molecule has 6 heteroatoms. The molecule has 8 aromatic rings. The van der Waals surface area contributed by atoms with Crippen LogP contribution in [0, 0.1) is 0 Å². The minimum atomic E-state index is -3.66. The van der Waals surface area contributed by atoms with Gasteiger partial charge in [0.2, 0.25) is 15.6 Å². The fourth-order valence-corrected chi connectivity index (χ4v) is 7.29. The van der Waals surface area contributed by atoms with E-state index in [-0.39, 0.29) is 9.79 Å². The quantitative estimate of drug-likeness (QED) is 0.202. The van der Waals surface area contributed by atoms with Crippen molar-refractivity contribution in [2.75, 3.05) is 0 Å². The van der Waals surface area contributed by atoms with Crippen LogP contribution in [-0.4, -0.2) is 22.8 Å². The van der Waals surface area contributed by atoms with Crippen molar-refractivity contribution in [1.82, 2.24) is 14.4 Å². The maximum Gasteiger partial charge on any atom is 0.235 e. The number of imidazole rings is 1. The first-order valence-electron chi connectivity index (χ1n) is 14.3. The summed E-state index contributed by atoms with van der Waals surface area (Å²) in [6.45, 7) is 0. The molecule has 0 atom stereocenters. The second-order valence-corrected chi connectivity index (χ2v) is 12.6. The second kappa shape index (κ2) is 10.3. The van der Waals surface area contributed by atoms with Crippen LogP contribution in [0.3, 0.4) is 0 Å². The zero-order valence-electron chi connectivity index (χ0n) is 23.5. The number of para-hydroxylation sites is 2. The molecule has 6 aromatic carbocycles. The van der Waals surface area contributed by atoms with Gasteiger partial charge in [-0.2, -0.15) is 0 Å². The minimum absolute atomic E-state index is 0.264. The number of nitrogens with zero attached hydrogens (tertiary/aromatic N) is 3. The molecule has 8 rings (SSSR count). The van der Waals surface area contributed by atoms with Gasteiger partial charge in [-0.3, -0.25) is 4.40 Å². The highest BCUT2D eigenvalue weighted by molar-refractivity contribution is 7.91. The van der Waals surface area contributed by atoms with Crippen LogP contribution in [0.1, 0.15) is 0 Å². The summed E-state index contributed by atoms with van der Waals surface area (Å²) in [6, 6.07) is 48.6. The van der Waals surface area contributed by atoms with Crippen molar-refractivity contribution in [3.05, 3.63) is 152 Å². The van der Waals surface area contributed by atoms with E-state index >= 15 is 0 Å². The van der Waals surface area contributed by atoms with E-state index in [1.54, 1.807) is 42.5 Å². The van der Waals surface area contributed by atoms with Crippen LogP contribution in [0.5, 0.6) is 0 Å². The number of hydrogen-bond acceptors (Lipinski definition) is 4. The highest BCUT2D eigenvalue weighted by atomic mass is 32.2. The van der Waals surface area contributed by atoms with Crippen molar-refractivity contribution in [3.63, 3.8) is 0 Å². The van der Waals surface area contributed by atoms with Crippen LogP contribution in [0.15, 0.2) is 161 Å². The molecule has 2 heterocycles. The van der Waals surface area contributed by atoms with E-state index in [2.05, 4.69) is 52.9 Å². The average Bonchev–Trinajstić information content (AvgIpc) is 3.47. The van der Waals surface area contributed by atoms with Crippen LogP contribution in [0.2, 0.25) is 0 Å². The number of rotatable bonds is 5. The standard InChI is InChI=1S/C38H25N3O2S/c42-44(43,28-15-5-2-6-16-28)29-17-11-14-27(24-29)30-22-23-33(32-19-8-7-18-31(30)32)35-25-37(26-12-3-1-4-13-26)41-36-21-10-9-20-34(36)39-38(41)40-35/h1-25H. The van der Waals surface area contributed by atoms with Crippen molar-refractivity contribution >= 4 is 37.4 Å². The van der Waals surface area contributed by atoms with Gasteiger partial charge in [-0.05, 0) is 69.9 Å². The highest BCUT2D eigenvalue weighted by Gasteiger charge is 2.20. The summed E-state index contributed by atoms with van der Waals surface area (Å²) in [7, 11) is -3.66. The lowest BCUT2D eigenvalue weighted by Gasteiger charge is -2.14. The Balaban J connectivity index is 1.32. The smallest absolute Gasteiger partial charge is 0.235 e. The zero-order chi connectivity index (χ0) is 29.7. The molecule has 0 aliphatic heterocycles. The van der Waals surface area contributed by atoms with Gasteiger partial charge in [-0.15, -0.1) is 0 Å². The van der Waals surface area contributed by atoms with Crippen LogP contribution in [-0.2, 0) is 9.84 Å². The third kappa shape index (κ3) is 4.27. The van der Waals surface area contributed by atoms with Crippen LogP contribution >= 0.6 is 0 Å². The second-order valence-electron chi connectivity index (χ2n) is 10.7. The monoisotopic (exact) mass is 587 g/mol. The maximum atomic E-state index is 13.4. The summed E-state index contributed by atoms with van der Waals surface area (Å²) in [5, 5.41) is 2.03. The lowest BCUT2D eigenvalue weighted by Crippen LogP contribution is -2.02. The third-order valence-corrected chi connectivity index (χ3v) is 9.82. The largest absolute Gasteiger partial charge is 0.276 e. The molecule has 0 radical (unpaired) electrons. The summed E-state index contributed by atoms with van der Waals surface area (Å²) >= 11 is 0. The van der Waals surface area contributed by atoms with Gasteiger partial charge in [-0.25, -0.2) is 18.4 Å². The topological polar surface area (TPSA) is 64.3 Å². The van der Waals surface area contributed by atoms with E-state index in [0.717, 1.165) is 55.4 Å². The van der Waals surface area contributed by atoms with E-state index in [4.69, 9.17) is 9.97 Å². The van der Waals surface area contributed by atoms with Crippen molar-refractivity contribution in [2.24, 2.45) is 0 Å². The van der Waals surface area contributed by atoms with Crippen molar-refractivity contribution in [1.29, 1.82) is 0 Å². The first-order valence-corrected chi connectivity index (χ1v) is 15.8. The molecule has 5 nitrogen and oxygen atoms in total. The first-order chi connectivity index (χ1) is 21.6. The molecule has 0 amide bonds. The van der Waals surface area contributed by atoms with E-state index in [9.17, 15) is 8.42 Å². The summed E-state index contributed by atoms with van der Waals surface area (Å²) in [6.07, 6.45) is 0. The Bertz CT molecular complexity index is 2450. The predicted octanol–water partition coefficient (Wildman–Crippen LogP) is 8.87. The SMILES string of the molecule is O=S(=O)(c1ccccc1)c1cccc(-c2ccc(-c3cc(-c4ccccc4)n4c(n3)nc3ccccc34)c3ccccc23)c1.